The van der Waals surface area contributed by atoms with Crippen molar-refractivity contribution in [1.29, 1.82) is 0 Å². The SMILES string of the molecule is COc1ccc2c(-c3ccc(-c4cc(OC)c(OC)c([I-]C)c4)[nH]3)cc(=O)oc2c1. The third-order valence-electron chi connectivity index (χ3n) is 4.88. The number of methoxy groups -OCH3 is 3. The van der Waals surface area contributed by atoms with E-state index in [9.17, 15) is 4.79 Å². The molecule has 0 aliphatic carbocycles. The van der Waals surface area contributed by atoms with Gasteiger partial charge in [0.25, 0.3) is 0 Å². The minimum atomic E-state index is -0.411. The monoisotopic (exact) mass is 518 g/mol. The van der Waals surface area contributed by atoms with Crippen molar-refractivity contribution in [2.45, 2.75) is 0 Å². The van der Waals surface area contributed by atoms with Gasteiger partial charge in [-0.1, -0.05) is 0 Å². The summed E-state index contributed by atoms with van der Waals surface area (Å²) < 4.78 is 22.9. The van der Waals surface area contributed by atoms with Gasteiger partial charge in [0, 0.05) is 0 Å². The zero-order valence-electron chi connectivity index (χ0n) is 17.0. The molecule has 2 aromatic carbocycles. The van der Waals surface area contributed by atoms with E-state index < -0.39 is 5.63 Å². The molecular weight excluding hydrogens is 497 g/mol. The second-order valence-electron chi connectivity index (χ2n) is 6.51. The molecule has 0 bridgehead atoms. The number of rotatable bonds is 6. The van der Waals surface area contributed by atoms with E-state index in [1.807, 2.05) is 30.3 Å². The predicted octanol–water partition coefficient (Wildman–Crippen LogP) is 1.37. The average molecular weight is 518 g/mol. The number of alkyl halides is 1. The topological polar surface area (TPSA) is 73.7 Å². The van der Waals surface area contributed by atoms with E-state index in [0.29, 0.717) is 17.1 Å². The molecule has 156 valence electrons. The van der Waals surface area contributed by atoms with E-state index in [2.05, 4.69) is 16.0 Å². The number of H-pyrrole nitrogens is 1. The zero-order chi connectivity index (χ0) is 21.3. The molecule has 0 saturated carbocycles. The number of halogens is 1. The average Bonchev–Trinajstić information content (AvgIpc) is 3.27. The van der Waals surface area contributed by atoms with E-state index in [1.54, 1.807) is 27.4 Å². The number of hydrogen-bond donors (Lipinski definition) is 1. The van der Waals surface area contributed by atoms with E-state index in [-0.39, 0.29) is 21.2 Å². The number of ether oxygens (including phenoxy) is 3. The van der Waals surface area contributed by atoms with Gasteiger partial charge in [0.2, 0.25) is 0 Å². The molecule has 4 rings (SSSR count). The first-order chi connectivity index (χ1) is 14.6. The molecule has 0 fully saturated rings. The fourth-order valence-electron chi connectivity index (χ4n) is 3.43. The van der Waals surface area contributed by atoms with Crippen molar-refractivity contribution in [2.24, 2.45) is 0 Å². The van der Waals surface area contributed by atoms with Gasteiger partial charge in [0.05, 0.1) is 7.11 Å². The molecule has 2 aromatic heterocycles. The van der Waals surface area contributed by atoms with Gasteiger partial charge >= 0.3 is 177 Å². The van der Waals surface area contributed by atoms with Crippen molar-refractivity contribution in [3.8, 4) is 39.8 Å². The standard InChI is InChI=1S/C23H21INO5/c1-24-17-9-13(10-21(28-3)23(17)29-4)18-7-8-19(25-18)16-12-22(26)30-20-11-14(27-2)5-6-15(16)20/h5-12,25H,1-4H3/q-1. The quantitative estimate of drug-likeness (QED) is 0.237. The van der Waals surface area contributed by atoms with Crippen LogP contribution in [0.15, 0.2) is 57.7 Å². The summed E-state index contributed by atoms with van der Waals surface area (Å²) in [7, 11) is 4.88. The Bertz CT molecular complexity index is 1250. The summed E-state index contributed by atoms with van der Waals surface area (Å²) in [5, 5.41) is 0.830. The Morgan fingerprint density at radius 1 is 0.900 bits per heavy atom. The van der Waals surface area contributed by atoms with Gasteiger partial charge < -0.3 is 0 Å². The Balaban J connectivity index is 1.83. The van der Waals surface area contributed by atoms with Gasteiger partial charge in [-0.2, -0.15) is 0 Å². The normalized spacial score (nSPS) is 11.1. The molecule has 30 heavy (non-hydrogen) atoms. The fourth-order valence-corrected chi connectivity index (χ4v) is 5.05. The molecule has 1 N–H and O–H groups in total. The van der Waals surface area contributed by atoms with Crippen molar-refractivity contribution < 1.29 is 39.8 Å². The van der Waals surface area contributed by atoms with Crippen LogP contribution in [0.5, 0.6) is 17.2 Å². The van der Waals surface area contributed by atoms with Crippen molar-refractivity contribution in [2.75, 3.05) is 26.3 Å². The van der Waals surface area contributed by atoms with E-state index in [4.69, 9.17) is 18.6 Å². The summed E-state index contributed by atoms with van der Waals surface area (Å²) in [6, 6.07) is 15.0. The molecule has 0 atom stereocenters. The summed E-state index contributed by atoms with van der Waals surface area (Å²) >= 11 is -0.206. The number of benzene rings is 2. The maximum atomic E-state index is 12.1. The molecule has 0 aliphatic rings. The minimum absolute atomic E-state index is 0.206. The summed E-state index contributed by atoms with van der Waals surface area (Å²) in [6.45, 7) is 0. The summed E-state index contributed by atoms with van der Waals surface area (Å²) in [6.07, 6.45) is 0. The summed E-state index contributed by atoms with van der Waals surface area (Å²) in [5.74, 6) is 2.14. The Morgan fingerprint density at radius 3 is 2.40 bits per heavy atom. The third kappa shape index (κ3) is 3.65. The molecule has 7 heteroatoms. The molecule has 0 aliphatic heterocycles. The van der Waals surface area contributed by atoms with E-state index >= 15 is 0 Å². The predicted molar refractivity (Wildman–Crippen MR) is 112 cm³/mol. The molecule has 6 nitrogen and oxygen atoms in total. The number of aromatic nitrogens is 1. The number of hydrogen-bond acceptors (Lipinski definition) is 5. The van der Waals surface area contributed by atoms with Crippen LogP contribution in [0.25, 0.3) is 33.5 Å². The molecule has 0 saturated heterocycles. The number of aromatic amines is 1. The van der Waals surface area contributed by atoms with Crippen molar-refractivity contribution in [1.82, 2.24) is 4.98 Å². The van der Waals surface area contributed by atoms with Crippen LogP contribution in [0.4, 0.5) is 0 Å². The summed E-state index contributed by atoms with van der Waals surface area (Å²) in [4.78, 5) is 17.8. The zero-order valence-corrected chi connectivity index (χ0v) is 19.2. The van der Waals surface area contributed by atoms with Crippen molar-refractivity contribution in [3.05, 3.63) is 62.5 Å². The van der Waals surface area contributed by atoms with Crippen LogP contribution in [-0.2, 0) is 0 Å². The maximum absolute atomic E-state index is 12.1. The van der Waals surface area contributed by atoms with Crippen LogP contribution in [0.3, 0.4) is 0 Å². The molecule has 0 amide bonds. The Labute approximate surface area is 184 Å². The van der Waals surface area contributed by atoms with Crippen LogP contribution in [-0.4, -0.2) is 31.2 Å². The van der Waals surface area contributed by atoms with Crippen LogP contribution in [0, 0.1) is 3.57 Å². The van der Waals surface area contributed by atoms with Gasteiger partial charge in [-0.05, 0) is 0 Å². The second-order valence-corrected chi connectivity index (χ2v) is 8.75. The number of fused-ring (bicyclic) bond motifs is 1. The molecule has 0 spiro atoms. The van der Waals surface area contributed by atoms with Gasteiger partial charge in [-0.3, -0.25) is 0 Å². The van der Waals surface area contributed by atoms with Crippen molar-refractivity contribution >= 4 is 11.0 Å². The molecule has 2 heterocycles. The van der Waals surface area contributed by atoms with Gasteiger partial charge in [0.15, 0.2) is 0 Å². The first-order valence-corrected chi connectivity index (χ1v) is 12.4. The third-order valence-corrected chi connectivity index (χ3v) is 6.84. The first kappa shape index (κ1) is 20.3. The van der Waals surface area contributed by atoms with Gasteiger partial charge in [0.1, 0.15) is 0 Å². The molecular formula is C23H21INO5-. The van der Waals surface area contributed by atoms with Gasteiger partial charge in [-0.25, -0.2) is 0 Å². The number of nitrogens with one attached hydrogen (secondary N) is 1. The van der Waals surface area contributed by atoms with Crippen molar-refractivity contribution in [3.63, 3.8) is 0 Å². The van der Waals surface area contributed by atoms with Crippen LogP contribution in [0.2, 0.25) is 0 Å². The Hall–Kier alpha value is -2.94. The molecule has 0 unspecified atom stereocenters. The first-order valence-electron chi connectivity index (χ1n) is 9.15. The Kier molecular flexibility index (Phi) is 5.72. The Morgan fingerprint density at radius 2 is 1.70 bits per heavy atom. The van der Waals surface area contributed by atoms with Crippen LogP contribution >= 0.6 is 0 Å². The summed E-state index contributed by atoms with van der Waals surface area (Å²) in [5.41, 5.74) is 3.61. The van der Waals surface area contributed by atoms with Gasteiger partial charge in [-0.15, -0.1) is 0 Å². The fraction of sp³-hybridized carbons (Fsp3) is 0.174. The van der Waals surface area contributed by atoms with E-state index in [1.165, 1.54) is 9.64 Å². The van der Waals surface area contributed by atoms with Crippen LogP contribution in [0.1, 0.15) is 0 Å². The van der Waals surface area contributed by atoms with E-state index in [0.717, 1.165) is 33.7 Å². The molecule has 0 radical (unpaired) electrons. The molecule has 4 aromatic rings. The van der Waals surface area contributed by atoms with Crippen LogP contribution < -0.4 is 41.0 Å². The second kappa shape index (κ2) is 8.43.